The highest BCUT2D eigenvalue weighted by Gasteiger charge is 2.25. The zero-order valence-corrected chi connectivity index (χ0v) is 12.6. The summed E-state index contributed by atoms with van der Waals surface area (Å²) in [6, 6.07) is 7.20. The molecule has 1 heterocycles. The number of hydrogen-bond donors (Lipinski definition) is 1. The first kappa shape index (κ1) is 13.7. The van der Waals surface area contributed by atoms with Gasteiger partial charge in [0.05, 0.1) is 13.2 Å². The van der Waals surface area contributed by atoms with Crippen LogP contribution in [0, 0.1) is 0 Å². The van der Waals surface area contributed by atoms with Crippen molar-refractivity contribution in [3.63, 3.8) is 0 Å². The average Bonchev–Trinajstić information content (AvgIpc) is 3.23. The van der Waals surface area contributed by atoms with Gasteiger partial charge in [-0.3, -0.25) is 0 Å². The summed E-state index contributed by atoms with van der Waals surface area (Å²) in [7, 11) is 0. The van der Waals surface area contributed by atoms with Crippen LogP contribution >= 0.6 is 0 Å². The maximum absolute atomic E-state index is 5.80. The van der Waals surface area contributed by atoms with Crippen molar-refractivity contribution in [1.29, 1.82) is 0 Å². The van der Waals surface area contributed by atoms with Crippen molar-refractivity contribution >= 4 is 0 Å². The number of nitrogens with one attached hydrogen (secondary N) is 1. The van der Waals surface area contributed by atoms with Gasteiger partial charge in [-0.1, -0.05) is 19.9 Å². The van der Waals surface area contributed by atoms with Crippen molar-refractivity contribution in [3.8, 4) is 11.5 Å². The summed E-state index contributed by atoms with van der Waals surface area (Å²) in [5.41, 5.74) is 1.49. The van der Waals surface area contributed by atoms with E-state index in [1.54, 1.807) is 0 Å². The molecule has 0 radical (unpaired) electrons. The van der Waals surface area contributed by atoms with Crippen LogP contribution in [0.2, 0.25) is 0 Å². The maximum atomic E-state index is 5.80. The quantitative estimate of drug-likeness (QED) is 0.894. The second-order valence-corrected chi connectivity index (χ2v) is 6.57. The molecule has 1 aromatic carbocycles. The molecule has 0 amide bonds. The van der Waals surface area contributed by atoms with Gasteiger partial charge in [-0.15, -0.1) is 0 Å². The Kier molecular flexibility index (Phi) is 3.88. The number of ether oxygens (including phenoxy) is 2. The van der Waals surface area contributed by atoms with Gasteiger partial charge in [0, 0.05) is 12.5 Å². The third-order valence-electron chi connectivity index (χ3n) is 4.29. The number of rotatable bonds is 5. The van der Waals surface area contributed by atoms with E-state index in [1.165, 1.54) is 18.4 Å². The molecule has 110 valence electrons. The predicted octanol–water partition coefficient (Wildman–Crippen LogP) is 3.27. The molecule has 3 rings (SSSR count). The molecule has 1 aliphatic heterocycles. The number of fused-ring (bicyclic) bond motifs is 1. The molecule has 1 aliphatic carbocycles. The topological polar surface area (TPSA) is 30.5 Å². The van der Waals surface area contributed by atoms with Crippen LogP contribution in [0.1, 0.15) is 45.1 Å². The molecule has 0 spiro atoms. The van der Waals surface area contributed by atoms with Crippen molar-refractivity contribution in [2.24, 2.45) is 0 Å². The number of hydrogen-bond acceptors (Lipinski definition) is 3. The summed E-state index contributed by atoms with van der Waals surface area (Å²) in [5.74, 6) is 1.79. The molecule has 1 saturated carbocycles. The Morgan fingerprint density at radius 3 is 2.65 bits per heavy atom. The molecule has 3 nitrogen and oxygen atoms in total. The molecule has 2 aliphatic rings. The average molecular weight is 275 g/mol. The van der Waals surface area contributed by atoms with Gasteiger partial charge in [-0.2, -0.15) is 0 Å². The van der Waals surface area contributed by atoms with Crippen molar-refractivity contribution in [1.82, 2.24) is 5.32 Å². The Labute approximate surface area is 121 Å². The summed E-state index contributed by atoms with van der Waals surface area (Å²) < 4.78 is 11.5. The van der Waals surface area contributed by atoms with Gasteiger partial charge in [-0.05, 0) is 48.9 Å². The SMILES string of the molecule is CC(C)(CCNC1CC1)c1ccc2c(c1)OCCCO2. The normalized spacial score (nSPS) is 18.7. The zero-order valence-electron chi connectivity index (χ0n) is 12.6. The van der Waals surface area contributed by atoms with Crippen LogP contribution in [0.5, 0.6) is 11.5 Å². The van der Waals surface area contributed by atoms with E-state index in [1.807, 2.05) is 0 Å². The highest BCUT2D eigenvalue weighted by Crippen LogP contribution is 2.36. The molecule has 1 fully saturated rings. The molecule has 0 atom stereocenters. The van der Waals surface area contributed by atoms with Crippen LogP contribution in [-0.4, -0.2) is 25.8 Å². The molecule has 1 aromatic rings. The van der Waals surface area contributed by atoms with Crippen LogP contribution in [0.15, 0.2) is 18.2 Å². The molecule has 0 saturated heterocycles. The van der Waals surface area contributed by atoms with Crippen LogP contribution < -0.4 is 14.8 Å². The fourth-order valence-corrected chi connectivity index (χ4v) is 2.60. The van der Waals surface area contributed by atoms with Crippen LogP contribution in [-0.2, 0) is 5.41 Å². The molecule has 0 aromatic heterocycles. The van der Waals surface area contributed by atoms with Gasteiger partial charge in [0.25, 0.3) is 0 Å². The van der Waals surface area contributed by atoms with E-state index in [0.717, 1.165) is 50.1 Å². The van der Waals surface area contributed by atoms with Gasteiger partial charge >= 0.3 is 0 Å². The summed E-state index contributed by atoms with van der Waals surface area (Å²) >= 11 is 0. The first-order chi connectivity index (χ1) is 9.65. The molecular formula is C17H25NO2. The second kappa shape index (κ2) is 5.65. The first-order valence-electron chi connectivity index (χ1n) is 7.79. The lowest BCUT2D eigenvalue weighted by Gasteiger charge is -2.26. The van der Waals surface area contributed by atoms with Crippen LogP contribution in [0.4, 0.5) is 0 Å². The summed E-state index contributed by atoms with van der Waals surface area (Å²) in [6.07, 6.45) is 4.80. The summed E-state index contributed by atoms with van der Waals surface area (Å²) in [6.45, 7) is 7.20. The van der Waals surface area contributed by atoms with Gasteiger partial charge in [0.1, 0.15) is 0 Å². The van der Waals surface area contributed by atoms with E-state index in [-0.39, 0.29) is 5.41 Å². The lowest BCUT2D eigenvalue weighted by atomic mass is 9.81. The summed E-state index contributed by atoms with van der Waals surface area (Å²) in [4.78, 5) is 0. The largest absolute Gasteiger partial charge is 0.490 e. The van der Waals surface area contributed by atoms with Crippen molar-refractivity contribution in [2.45, 2.75) is 51.0 Å². The Morgan fingerprint density at radius 1 is 1.15 bits per heavy atom. The molecule has 20 heavy (non-hydrogen) atoms. The summed E-state index contributed by atoms with van der Waals surface area (Å²) in [5, 5.41) is 3.60. The molecule has 0 bridgehead atoms. The Bertz CT molecular complexity index is 466. The lowest BCUT2D eigenvalue weighted by Crippen LogP contribution is -2.26. The Balaban J connectivity index is 1.69. The van der Waals surface area contributed by atoms with Crippen molar-refractivity contribution in [3.05, 3.63) is 23.8 Å². The van der Waals surface area contributed by atoms with E-state index in [2.05, 4.69) is 37.4 Å². The first-order valence-corrected chi connectivity index (χ1v) is 7.79. The Hall–Kier alpha value is -1.22. The maximum Gasteiger partial charge on any atom is 0.161 e. The zero-order chi connectivity index (χ0) is 14.0. The van der Waals surface area contributed by atoms with Gasteiger partial charge in [0.15, 0.2) is 11.5 Å². The third-order valence-corrected chi connectivity index (χ3v) is 4.29. The predicted molar refractivity (Wildman–Crippen MR) is 80.7 cm³/mol. The fourth-order valence-electron chi connectivity index (χ4n) is 2.60. The van der Waals surface area contributed by atoms with Gasteiger partial charge in [-0.25, -0.2) is 0 Å². The highest BCUT2D eigenvalue weighted by atomic mass is 16.5. The second-order valence-electron chi connectivity index (χ2n) is 6.57. The van der Waals surface area contributed by atoms with Crippen LogP contribution in [0.3, 0.4) is 0 Å². The molecule has 1 N–H and O–H groups in total. The lowest BCUT2D eigenvalue weighted by molar-refractivity contribution is 0.296. The molecule has 3 heteroatoms. The monoisotopic (exact) mass is 275 g/mol. The minimum absolute atomic E-state index is 0.159. The smallest absolute Gasteiger partial charge is 0.161 e. The fraction of sp³-hybridized carbons (Fsp3) is 0.647. The van der Waals surface area contributed by atoms with E-state index >= 15 is 0 Å². The van der Waals surface area contributed by atoms with E-state index < -0.39 is 0 Å². The standard InChI is InChI=1S/C17H25NO2/c1-17(2,8-9-18-14-5-6-14)13-4-7-15-16(12-13)20-11-3-10-19-15/h4,7,12,14,18H,3,5-6,8-11H2,1-2H3. The highest BCUT2D eigenvalue weighted by molar-refractivity contribution is 5.45. The van der Waals surface area contributed by atoms with E-state index in [0.29, 0.717) is 0 Å². The third kappa shape index (κ3) is 3.26. The molecule has 0 unspecified atom stereocenters. The number of benzene rings is 1. The minimum atomic E-state index is 0.159. The van der Waals surface area contributed by atoms with Gasteiger partial charge < -0.3 is 14.8 Å². The Morgan fingerprint density at radius 2 is 1.90 bits per heavy atom. The van der Waals surface area contributed by atoms with E-state index in [9.17, 15) is 0 Å². The van der Waals surface area contributed by atoms with Crippen molar-refractivity contribution < 1.29 is 9.47 Å². The molecular weight excluding hydrogens is 250 g/mol. The van der Waals surface area contributed by atoms with Crippen molar-refractivity contribution in [2.75, 3.05) is 19.8 Å². The van der Waals surface area contributed by atoms with E-state index in [4.69, 9.17) is 9.47 Å². The van der Waals surface area contributed by atoms with Crippen LogP contribution in [0.25, 0.3) is 0 Å². The van der Waals surface area contributed by atoms with Gasteiger partial charge in [0.2, 0.25) is 0 Å². The minimum Gasteiger partial charge on any atom is -0.490 e.